The van der Waals surface area contributed by atoms with E-state index >= 15 is 0 Å². The van der Waals surface area contributed by atoms with Gasteiger partial charge in [-0.25, -0.2) is 0 Å². The molecule has 8 heteroatoms. The summed E-state index contributed by atoms with van der Waals surface area (Å²) in [4.78, 5) is 10.7. The van der Waals surface area contributed by atoms with Crippen LogP contribution in [0.3, 0.4) is 0 Å². The van der Waals surface area contributed by atoms with Gasteiger partial charge in [0.2, 0.25) is 0 Å². The fraction of sp³-hybridized carbons (Fsp3) is 0.500. The molecule has 0 spiro atoms. The molecule has 0 bridgehead atoms. The maximum Gasteiger partial charge on any atom is 1.00 e. The second-order valence-corrected chi connectivity index (χ2v) is 4.76. The third-order valence-corrected chi connectivity index (χ3v) is 2.28. The summed E-state index contributed by atoms with van der Waals surface area (Å²) in [5.41, 5.74) is 7.16. The number of hydrogen-bond donors (Lipinski definition) is 2. The summed E-state index contributed by atoms with van der Waals surface area (Å²) in [7, 11) is -3.49. The molecule has 0 saturated heterocycles. The zero-order valence-corrected chi connectivity index (χ0v) is 10.9. The standard InChI is InChI=1S/C4H10N3O2PS.Na/c1-3(10(2,8)9)6-7-4(5)11;/h1-2H3,(H,8,9)(H3,5,7,11);/q;+1/p-1/b6-3+;. The van der Waals surface area contributed by atoms with Crippen molar-refractivity contribution in [2.24, 2.45) is 10.8 Å². The molecule has 0 saturated carbocycles. The van der Waals surface area contributed by atoms with Gasteiger partial charge in [-0.15, -0.1) is 0 Å². The Hall–Kier alpha value is 0.550. The molecule has 0 aromatic heterocycles. The Morgan fingerprint density at radius 1 is 1.75 bits per heavy atom. The molecule has 0 rings (SSSR count). The van der Waals surface area contributed by atoms with Crippen LogP contribution in [0.1, 0.15) is 6.92 Å². The van der Waals surface area contributed by atoms with Crippen molar-refractivity contribution in [2.45, 2.75) is 6.92 Å². The third kappa shape index (κ3) is 7.21. The van der Waals surface area contributed by atoms with Crippen LogP contribution in [0.15, 0.2) is 5.10 Å². The topological polar surface area (TPSA) is 90.5 Å². The Bertz CT molecular complexity index is 238. The van der Waals surface area contributed by atoms with Gasteiger partial charge >= 0.3 is 29.6 Å². The fourth-order valence-corrected chi connectivity index (χ4v) is 0.504. The monoisotopic (exact) mass is 217 g/mol. The molecule has 12 heavy (non-hydrogen) atoms. The number of hydrazone groups is 1. The molecule has 0 aromatic rings. The van der Waals surface area contributed by atoms with Crippen LogP contribution in [0.4, 0.5) is 0 Å². The van der Waals surface area contributed by atoms with Gasteiger partial charge in [-0.1, -0.05) is 0 Å². The second-order valence-electron chi connectivity index (χ2n) is 1.98. The molecule has 1 unspecified atom stereocenters. The fourth-order valence-electron chi connectivity index (χ4n) is 0.227. The van der Waals surface area contributed by atoms with Crippen molar-refractivity contribution < 1.29 is 39.0 Å². The Balaban J connectivity index is 0. The number of nitrogens with one attached hydrogen (secondary N) is 1. The number of nitrogens with zero attached hydrogens (tertiary/aromatic N) is 1. The van der Waals surface area contributed by atoms with Crippen LogP contribution in [0.2, 0.25) is 0 Å². The van der Waals surface area contributed by atoms with Crippen LogP contribution < -0.4 is 45.6 Å². The van der Waals surface area contributed by atoms with Gasteiger partial charge in [-0.2, -0.15) is 5.10 Å². The van der Waals surface area contributed by atoms with Gasteiger partial charge in [0.15, 0.2) is 5.11 Å². The van der Waals surface area contributed by atoms with E-state index in [9.17, 15) is 9.46 Å². The average molecular weight is 217 g/mol. The van der Waals surface area contributed by atoms with Gasteiger partial charge in [-0.3, -0.25) is 5.43 Å². The van der Waals surface area contributed by atoms with E-state index in [0.29, 0.717) is 0 Å². The summed E-state index contributed by atoms with van der Waals surface area (Å²) in [6, 6.07) is 0. The summed E-state index contributed by atoms with van der Waals surface area (Å²) in [5, 5.41) is 3.36. The summed E-state index contributed by atoms with van der Waals surface area (Å²) in [5.74, 6) is 0. The molecular weight excluding hydrogens is 208 g/mol. The maximum absolute atomic E-state index is 10.7. The minimum atomic E-state index is -3.49. The van der Waals surface area contributed by atoms with Crippen LogP contribution >= 0.6 is 19.6 Å². The molecule has 5 nitrogen and oxygen atoms in total. The van der Waals surface area contributed by atoms with Gasteiger partial charge in [0.25, 0.3) is 0 Å². The maximum atomic E-state index is 10.7. The Morgan fingerprint density at radius 3 is 2.42 bits per heavy atom. The predicted molar refractivity (Wildman–Crippen MR) is 46.6 cm³/mol. The molecule has 1 atom stereocenters. The normalized spacial score (nSPS) is 15.8. The van der Waals surface area contributed by atoms with E-state index in [4.69, 9.17) is 5.73 Å². The van der Waals surface area contributed by atoms with Crippen LogP contribution in [-0.4, -0.2) is 17.2 Å². The van der Waals surface area contributed by atoms with E-state index < -0.39 is 7.37 Å². The second kappa shape index (κ2) is 6.07. The summed E-state index contributed by atoms with van der Waals surface area (Å²) in [6.07, 6.45) is 0. The van der Waals surface area contributed by atoms with Crippen molar-refractivity contribution in [3.63, 3.8) is 0 Å². The van der Waals surface area contributed by atoms with Crippen LogP contribution in [-0.2, 0) is 4.57 Å². The van der Waals surface area contributed by atoms with Gasteiger partial charge in [0.05, 0.1) is 12.8 Å². The van der Waals surface area contributed by atoms with Crippen molar-refractivity contribution in [3.8, 4) is 0 Å². The van der Waals surface area contributed by atoms with E-state index in [0.717, 1.165) is 6.66 Å². The van der Waals surface area contributed by atoms with E-state index in [-0.39, 0.29) is 40.1 Å². The number of hydrogen-bond acceptors (Lipinski definition) is 4. The molecule has 0 radical (unpaired) electrons. The first kappa shape index (κ1) is 15.0. The summed E-state index contributed by atoms with van der Waals surface area (Å²) in [6.45, 7) is 2.44. The first-order chi connectivity index (χ1) is 4.84. The van der Waals surface area contributed by atoms with E-state index in [1.807, 2.05) is 0 Å². The number of rotatable bonds is 2. The Kier molecular flexibility index (Phi) is 7.61. The van der Waals surface area contributed by atoms with Gasteiger partial charge in [0, 0.05) is 0 Å². The first-order valence-corrected chi connectivity index (χ1v) is 5.21. The molecule has 0 amide bonds. The molecule has 0 heterocycles. The quantitative estimate of drug-likeness (QED) is 0.164. The van der Waals surface area contributed by atoms with Crippen molar-refractivity contribution in [3.05, 3.63) is 0 Å². The smallest absolute Gasteiger partial charge is 0.795 e. The van der Waals surface area contributed by atoms with Gasteiger partial charge in [0.1, 0.15) is 0 Å². The Morgan fingerprint density at radius 2 is 2.17 bits per heavy atom. The Labute approximate surface area is 98.5 Å². The number of thiocarbonyl (C=S) groups is 1. The minimum absolute atomic E-state index is 0. The number of nitrogens with two attached hydrogens (primary N) is 1. The molecule has 0 aromatic carbocycles. The third-order valence-electron chi connectivity index (χ3n) is 0.916. The van der Waals surface area contributed by atoms with Crippen LogP contribution in [0, 0.1) is 0 Å². The van der Waals surface area contributed by atoms with Crippen molar-refractivity contribution in [1.29, 1.82) is 0 Å². The van der Waals surface area contributed by atoms with Gasteiger partial charge < -0.3 is 15.2 Å². The predicted octanol–water partition coefficient (Wildman–Crippen LogP) is -3.57. The molecular formula is C4H9N3NaO2PS. The molecule has 0 fully saturated rings. The zero-order valence-electron chi connectivity index (χ0n) is 7.20. The molecule has 0 aliphatic heterocycles. The van der Waals surface area contributed by atoms with E-state index in [1.165, 1.54) is 6.92 Å². The summed E-state index contributed by atoms with van der Waals surface area (Å²) < 4.78 is 10.7. The summed E-state index contributed by atoms with van der Waals surface area (Å²) >= 11 is 4.40. The van der Waals surface area contributed by atoms with Gasteiger partial charge in [-0.05, 0) is 25.8 Å². The van der Waals surface area contributed by atoms with E-state index in [1.54, 1.807) is 0 Å². The largest absolute Gasteiger partial charge is 1.00 e. The minimum Gasteiger partial charge on any atom is -0.795 e. The van der Waals surface area contributed by atoms with Crippen molar-refractivity contribution >= 4 is 30.2 Å². The van der Waals surface area contributed by atoms with Crippen molar-refractivity contribution in [2.75, 3.05) is 6.66 Å². The zero-order chi connectivity index (χ0) is 9.07. The molecule has 0 aliphatic carbocycles. The van der Waals surface area contributed by atoms with Crippen LogP contribution in [0.5, 0.6) is 0 Å². The van der Waals surface area contributed by atoms with Crippen molar-refractivity contribution in [1.82, 2.24) is 5.43 Å². The SMILES string of the molecule is C/C(=N\NC(N)=S)P(C)(=O)[O-].[Na+]. The van der Waals surface area contributed by atoms with E-state index in [2.05, 4.69) is 22.7 Å². The first-order valence-electron chi connectivity index (χ1n) is 2.73. The average Bonchev–Trinajstić information content (AvgIpc) is 1.80. The molecule has 64 valence electrons. The van der Waals surface area contributed by atoms with Crippen LogP contribution in [0.25, 0.3) is 0 Å². The molecule has 3 N–H and O–H groups in total. The molecule has 0 aliphatic rings.